The summed E-state index contributed by atoms with van der Waals surface area (Å²) in [5, 5.41) is 14.1. The topological polar surface area (TPSA) is 92.8 Å². The molecule has 4 aromatic rings. The summed E-state index contributed by atoms with van der Waals surface area (Å²) in [5.41, 5.74) is 4.00. The smallest absolute Gasteiger partial charge is 0.252 e. The van der Waals surface area contributed by atoms with Crippen LogP contribution in [-0.4, -0.2) is 50.0 Å². The van der Waals surface area contributed by atoms with Gasteiger partial charge in [0.2, 0.25) is 5.75 Å². The number of aliphatic hydroxyl groups is 1. The maximum atomic E-state index is 13.3. The number of rotatable bonds is 9. The molecule has 1 atom stereocenters. The molecular formula is C27H28N2O5. The van der Waals surface area contributed by atoms with Crippen LogP contribution in [0.25, 0.3) is 22.0 Å². The van der Waals surface area contributed by atoms with Crippen LogP contribution in [0.1, 0.15) is 15.9 Å². The molecule has 0 saturated heterocycles. The molecule has 1 heterocycles. The van der Waals surface area contributed by atoms with Crippen LogP contribution in [0.2, 0.25) is 0 Å². The lowest BCUT2D eigenvalue weighted by molar-refractivity contribution is 0.0917. The van der Waals surface area contributed by atoms with Crippen LogP contribution in [0.5, 0.6) is 17.2 Å². The number of aromatic amines is 1. The zero-order valence-electron chi connectivity index (χ0n) is 19.4. The second-order valence-electron chi connectivity index (χ2n) is 7.88. The van der Waals surface area contributed by atoms with Gasteiger partial charge >= 0.3 is 0 Å². The van der Waals surface area contributed by atoms with Crippen molar-refractivity contribution < 1.29 is 24.1 Å². The number of methoxy groups -OCH3 is 3. The summed E-state index contributed by atoms with van der Waals surface area (Å²) in [7, 11) is 4.65. The second-order valence-corrected chi connectivity index (χ2v) is 7.88. The van der Waals surface area contributed by atoms with Crippen LogP contribution in [0.3, 0.4) is 0 Å². The maximum Gasteiger partial charge on any atom is 0.252 e. The zero-order valence-corrected chi connectivity index (χ0v) is 19.4. The van der Waals surface area contributed by atoms with Crippen LogP contribution < -0.4 is 19.5 Å². The van der Waals surface area contributed by atoms with E-state index in [9.17, 15) is 9.90 Å². The summed E-state index contributed by atoms with van der Waals surface area (Å²) >= 11 is 0. The molecule has 34 heavy (non-hydrogen) atoms. The number of amides is 1. The van der Waals surface area contributed by atoms with E-state index in [0.29, 0.717) is 34.8 Å². The van der Waals surface area contributed by atoms with Crippen molar-refractivity contribution in [2.45, 2.75) is 12.5 Å². The number of carbonyl (C=O) groups is 1. The number of hydrogen-bond donors (Lipinski definition) is 3. The number of aromatic nitrogens is 1. The maximum absolute atomic E-state index is 13.3. The number of para-hydroxylation sites is 1. The molecule has 0 aliphatic rings. The van der Waals surface area contributed by atoms with Crippen molar-refractivity contribution in [3.05, 3.63) is 78.0 Å². The predicted molar refractivity (Wildman–Crippen MR) is 132 cm³/mol. The van der Waals surface area contributed by atoms with Crippen molar-refractivity contribution in [1.29, 1.82) is 0 Å². The van der Waals surface area contributed by atoms with Crippen LogP contribution in [0.4, 0.5) is 0 Å². The fraction of sp³-hybridized carbons (Fsp3) is 0.222. The third-order valence-corrected chi connectivity index (χ3v) is 5.84. The predicted octanol–water partition coefficient (Wildman–Crippen LogP) is 4.19. The molecule has 4 rings (SSSR count). The summed E-state index contributed by atoms with van der Waals surface area (Å²) in [6.07, 6.45) is 2.42. The lowest BCUT2D eigenvalue weighted by atomic mass is 9.97. The average molecular weight is 461 g/mol. The number of nitrogens with one attached hydrogen (secondary N) is 2. The molecule has 1 aromatic heterocycles. The van der Waals surface area contributed by atoms with Gasteiger partial charge in [-0.15, -0.1) is 0 Å². The van der Waals surface area contributed by atoms with Gasteiger partial charge in [-0.25, -0.2) is 0 Å². The fourth-order valence-corrected chi connectivity index (χ4v) is 4.16. The summed E-state index contributed by atoms with van der Waals surface area (Å²) < 4.78 is 16.4. The third-order valence-electron chi connectivity index (χ3n) is 5.84. The molecule has 7 heteroatoms. The van der Waals surface area contributed by atoms with Crippen molar-refractivity contribution >= 4 is 16.8 Å². The molecule has 0 radical (unpaired) electrons. The Kier molecular flexibility index (Phi) is 7.04. The number of hydrogen-bond acceptors (Lipinski definition) is 5. The van der Waals surface area contributed by atoms with Crippen molar-refractivity contribution in [1.82, 2.24) is 10.3 Å². The van der Waals surface area contributed by atoms with Gasteiger partial charge in [-0.3, -0.25) is 4.79 Å². The molecule has 0 saturated carbocycles. The number of aliphatic hydroxyl groups excluding tert-OH is 1. The van der Waals surface area contributed by atoms with Crippen LogP contribution in [-0.2, 0) is 6.42 Å². The van der Waals surface area contributed by atoms with Crippen molar-refractivity contribution in [3.8, 4) is 28.4 Å². The minimum Gasteiger partial charge on any atom is -0.493 e. The monoisotopic (exact) mass is 460 g/mol. The summed E-state index contributed by atoms with van der Waals surface area (Å²) in [6, 6.07) is 18.4. The summed E-state index contributed by atoms with van der Waals surface area (Å²) in [5.74, 6) is 1.21. The molecule has 3 N–H and O–H groups in total. The van der Waals surface area contributed by atoms with E-state index in [1.54, 1.807) is 27.4 Å². The molecule has 0 aliphatic carbocycles. The van der Waals surface area contributed by atoms with Crippen molar-refractivity contribution in [3.63, 3.8) is 0 Å². The quantitative estimate of drug-likeness (QED) is 0.348. The first-order valence-electron chi connectivity index (χ1n) is 11.0. The van der Waals surface area contributed by atoms with Gasteiger partial charge in [0, 0.05) is 22.7 Å². The number of H-pyrrole nitrogens is 1. The fourth-order valence-electron chi connectivity index (χ4n) is 4.16. The second kappa shape index (κ2) is 10.3. The number of fused-ring (bicyclic) bond motifs is 1. The molecule has 0 bridgehead atoms. The van der Waals surface area contributed by atoms with E-state index >= 15 is 0 Å². The summed E-state index contributed by atoms with van der Waals surface area (Å²) in [4.78, 5) is 16.6. The van der Waals surface area contributed by atoms with Gasteiger partial charge in [-0.1, -0.05) is 36.4 Å². The Hall–Kier alpha value is -3.97. The van der Waals surface area contributed by atoms with Gasteiger partial charge < -0.3 is 29.6 Å². The highest BCUT2D eigenvalue weighted by molar-refractivity contribution is 6.01. The first-order valence-corrected chi connectivity index (χ1v) is 11.0. The molecule has 0 aliphatic heterocycles. The first-order chi connectivity index (χ1) is 16.6. The van der Waals surface area contributed by atoms with Crippen molar-refractivity contribution in [2.75, 3.05) is 27.9 Å². The molecule has 0 fully saturated rings. The highest BCUT2D eigenvalue weighted by Crippen LogP contribution is 2.41. The van der Waals surface area contributed by atoms with E-state index in [0.717, 1.165) is 22.0 Å². The Labute approximate surface area is 198 Å². The van der Waals surface area contributed by atoms with Crippen molar-refractivity contribution in [2.24, 2.45) is 0 Å². The van der Waals surface area contributed by atoms with Gasteiger partial charge in [0.1, 0.15) is 0 Å². The normalized spacial score (nSPS) is 11.8. The Balaban J connectivity index is 1.62. The highest BCUT2D eigenvalue weighted by atomic mass is 16.5. The molecule has 176 valence electrons. The van der Waals surface area contributed by atoms with E-state index in [1.807, 2.05) is 60.8 Å². The lowest BCUT2D eigenvalue weighted by Crippen LogP contribution is -2.39. The Morgan fingerprint density at radius 1 is 0.971 bits per heavy atom. The SMILES string of the molecule is COc1cc(-c2ccccc2C(=O)N[C@@H](CO)Cc2c[nH]c3ccccc23)cc(OC)c1OC. The number of carbonyl (C=O) groups excluding carboxylic acids is 1. The largest absolute Gasteiger partial charge is 0.493 e. The Morgan fingerprint density at radius 2 is 1.65 bits per heavy atom. The Bertz CT molecular complexity index is 1270. The Morgan fingerprint density at radius 3 is 2.32 bits per heavy atom. The molecule has 1 amide bonds. The number of ether oxygens (including phenoxy) is 3. The van der Waals surface area contributed by atoms with Gasteiger partial charge in [0.15, 0.2) is 11.5 Å². The van der Waals surface area contributed by atoms with Gasteiger partial charge in [0.25, 0.3) is 5.91 Å². The molecule has 3 aromatic carbocycles. The van der Waals surface area contributed by atoms with Crippen LogP contribution >= 0.6 is 0 Å². The molecule has 0 spiro atoms. The third kappa shape index (κ3) is 4.56. The van der Waals surface area contributed by atoms with E-state index < -0.39 is 6.04 Å². The van der Waals surface area contributed by atoms with Gasteiger partial charge in [-0.2, -0.15) is 0 Å². The molecular weight excluding hydrogens is 432 g/mol. The van der Waals surface area contributed by atoms with E-state index in [1.165, 1.54) is 0 Å². The van der Waals surface area contributed by atoms with E-state index in [4.69, 9.17) is 14.2 Å². The molecule has 7 nitrogen and oxygen atoms in total. The van der Waals surface area contributed by atoms with Crippen LogP contribution in [0.15, 0.2) is 66.9 Å². The standard InChI is InChI=1S/C27H28N2O5/c1-32-24-13-17(14-25(33-2)26(24)34-3)20-8-4-5-10-22(20)27(31)29-19(16-30)12-18-15-28-23-11-7-6-9-21(18)23/h4-11,13-15,19,28,30H,12,16H2,1-3H3,(H,29,31)/t19-/m1/s1. The van der Waals surface area contributed by atoms with E-state index in [-0.39, 0.29) is 12.5 Å². The lowest BCUT2D eigenvalue weighted by Gasteiger charge is -2.19. The van der Waals surface area contributed by atoms with E-state index in [2.05, 4.69) is 10.3 Å². The number of benzene rings is 3. The first kappa shape index (κ1) is 23.2. The van der Waals surface area contributed by atoms with Gasteiger partial charge in [0.05, 0.1) is 34.0 Å². The summed E-state index contributed by atoms with van der Waals surface area (Å²) in [6.45, 7) is -0.183. The molecule has 0 unspecified atom stereocenters. The average Bonchev–Trinajstić information content (AvgIpc) is 3.29. The minimum atomic E-state index is -0.445. The van der Waals surface area contributed by atoms with Crippen LogP contribution in [0, 0.1) is 0 Å². The van der Waals surface area contributed by atoms with Gasteiger partial charge in [-0.05, 0) is 47.4 Å². The zero-order chi connectivity index (χ0) is 24.1. The minimum absolute atomic E-state index is 0.183. The highest BCUT2D eigenvalue weighted by Gasteiger charge is 2.20.